The number of likely N-dealkylation sites (tertiary alicyclic amines) is 1. The molecular weight excluding hydrogens is 266 g/mol. The molecule has 112 valence electrons. The van der Waals surface area contributed by atoms with E-state index in [-0.39, 0.29) is 0 Å². The van der Waals surface area contributed by atoms with Gasteiger partial charge in [0.25, 0.3) is 5.91 Å². The minimum atomic E-state index is -0.553. The number of oxime groups is 1. The first-order chi connectivity index (χ1) is 10.2. The molecule has 1 amide bonds. The Bertz CT molecular complexity index is 522. The van der Waals surface area contributed by atoms with Crippen molar-refractivity contribution < 1.29 is 9.63 Å². The quantitative estimate of drug-likeness (QED) is 0.913. The summed E-state index contributed by atoms with van der Waals surface area (Å²) in [7, 11) is 0. The average Bonchev–Trinajstić information content (AvgIpc) is 2.99. The van der Waals surface area contributed by atoms with Crippen LogP contribution in [0, 0.1) is 5.92 Å². The molecule has 1 saturated heterocycles. The molecule has 2 heterocycles. The van der Waals surface area contributed by atoms with E-state index in [9.17, 15) is 4.79 Å². The van der Waals surface area contributed by atoms with Crippen LogP contribution in [0.1, 0.15) is 24.8 Å². The third-order valence-electron chi connectivity index (χ3n) is 4.32. The minimum Gasteiger partial charge on any atom is -0.382 e. The smallest absolute Gasteiger partial charge is 0.261 e. The van der Waals surface area contributed by atoms with Gasteiger partial charge in [0.2, 0.25) is 6.10 Å². The fourth-order valence-corrected chi connectivity index (χ4v) is 3.06. The molecule has 1 unspecified atom stereocenters. The Morgan fingerprint density at radius 2 is 2.00 bits per heavy atom. The largest absolute Gasteiger partial charge is 0.382 e. The number of hydrogen-bond donors (Lipinski definition) is 1. The van der Waals surface area contributed by atoms with Crippen molar-refractivity contribution in [3.63, 3.8) is 0 Å². The van der Waals surface area contributed by atoms with Crippen LogP contribution < -0.4 is 5.73 Å². The number of nitrogens with two attached hydrogens (primary N) is 1. The van der Waals surface area contributed by atoms with E-state index in [1.807, 2.05) is 6.07 Å². The highest BCUT2D eigenvalue weighted by molar-refractivity contribution is 5.93. The third-order valence-corrected chi connectivity index (χ3v) is 4.32. The second-order valence-electron chi connectivity index (χ2n) is 5.82. The number of rotatable bonds is 4. The van der Waals surface area contributed by atoms with E-state index in [1.165, 1.54) is 5.56 Å². The summed E-state index contributed by atoms with van der Waals surface area (Å²) in [6.45, 7) is 3.11. The van der Waals surface area contributed by atoms with E-state index in [0.717, 1.165) is 38.2 Å². The molecule has 0 spiro atoms. The zero-order chi connectivity index (χ0) is 14.7. The van der Waals surface area contributed by atoms with Gasteiger partial charge in [-0.15, -0.1) is 0 Å². The van der Waals surface area contributed by atoms with E-state index in [0.29, 0.717) is 12.3 Å². The van der Waals surface area contributed by atoms with E-state index in [2.05, 4.69) is 34.3 Å². The highest BCUT2D eigenvalue weighted by atomic mass is 16.6. The van der Waals surface area contributed by atoms with Crippen LogP contribution in [0.4, 0.5) is 0 Å². The van der Waals surface area contributed by atoms with Gasteiger partial charge in [-0.3, -0.25) is 9.69 Å². The Morgan fingerprint density at radius 1 is 1.29 bits per heavy atom. The lowest BCUT2D eigenvalue weighted by Gasteiger charge is -2.31. The third kappa shape index (κ3) is 3.42. The summed E-state index contributed by atoms with van der Waals surface area (Å²) in [4.78, 5) is 18.7. The van der Waals surface area contributed by atoms with E-state index < -0.39 is 12.0 Å². The normalized spacial score (nSPS) is 23.6. The summed E-state index contributed by atoms with van der Waals surface area (Å²) in [6, 6.07) is 10.5. The molecule has 0 radical (unpaired) electrons. The number of carbonyl (C=O) groups excluding carboxylic acids is 1. The van der Waals surface area contributed by atoms with E-state index >= 15 is 0 Å². The van der Waals surface area contributed by atoms with Gasteiger partial charge in [-0.1, -0.05) is 35.5 Å². The minimum absolute atomic E-state index is 0.421. The molecule has 0 aromatic heterocycles. The number of nitrogens with zero attached hydrogens (tertiary/aromatic N) is 2. The van der Waals surface area contributed by atoms with Crippen LogP contribution >= 0.6 is 0 Å². The molecule has 0 bridgehead atoms. The second kappa shape index (κ2) is 6.26. The molecule has 3 rings (SSSR count). The molecule has 1 atom stereocenters. The number of primary amides is 1. The number of benzene rings is 1. The van der Waals surface area contributed by atoms with Gasteiger partial charge in [-0.05, 0) is 31.5 Å². The first-order valence-corrected chi connectivity index (χ1v) is 7.50. The van der Waals surface area contributed by atoms with Crippen molar-refractivity contribution in [2.45, 2.75) is 31.9 Å². The summed E-state index contributed by atoms with van der Waals surface area (Å²) in [5.41, 5.74) is 7.62. The summed E-state index contributed by atoms with van der Waals surface area (Å²) >= 11 is 0. The SMILES string of the molecule is NC(=O)C1CC(C2CCN(Cc3ccccc3)CC2)=NO1. The van der Waals surface area contributed by atoms with Gasteiger partial charge >= 0.3 is 0 Å². The van der Waals surface area contributed by atoms with Crippen molar-refractivity contribution in [1.82, 2.24) is 4.90 Å². The van der Waals surface area contributed by atoms with E-state index in [1.54, 1.807) is 0 Å². The lowest BCUT2D eigenvalue weighted by Crippen LogP contribution is -2.36. The Morgan fingerprint density at radius 3 is 2.62 bits per heavy atom. The Balaban J connectivity index is 1.48. The summed E-state index contributed by atoms with van der Waals surface area (Å²) < 4.78 is 0. The lowest BCUT2D eigenvalue weighted by molar-refractivity contribution is -0.127. The average molecular weight is 287 g/mol. The highest BCUT2D eigenvalue weighted by Gasteiger charge is 2.32. The molecule has 5 nitrogen and oxygen atoms in total. The van der Waals surface area contributed by atoms with Crippen LogP contribution in [0.15, 0.2) is 35.5 Å². The van der Waals surface area contributed by atoms with Gasteiger partial charge in [0.05, 0.1) is 5.71 Å². The summed E-state index contributed by atoms with van der Waals surface area (Å²) in [6.07, 6.45) is 2.15. The highest BCUT2D eigenvalue weighted by Crippen LogP contribution is 2.25. The van der Waals surface area contributed by atoms with Gasteiger partial charge in [0.1, 0.15) is 0 Å². The molecule has 2 aliphatic heterocycles. The first-order valence-electron chi connectivity index (χ1n) is 7.50. The number of hydrogen-bond acceptors (Lipinski definition) is 4. The van der Waals surface area contributed by atoms with Crippen molar-refractivity contribution in [3.05, 3.63) is 35.9 Å². The monoisotopic (exact) mass is 287 g/mol. The number of amides is 1. The molecule has 2 aliphatic rings. The zero-order valence-electron chi connectivity index (χ0n) is 12.1. The van der Waals surface area contributed by atoms with Crippen LogP contribution in [0.3, 0.4) is 0 Å². The molecule has 1 aromatic rings. The van der Waals surface area contributed by atoms with Gasteiger partial charge in [0.15, 0.2) is 0 Å². The first kappa shape index (κ1) is 14.1. The number of piperidine rings is 1. The molecule has 5 heteroatoms. The summed E-state index contributed by atoms with van der Waals surface area (Å²) in [5.74, 6) is 0.0108. The summed E-state index contributed by atoms with van der Waals surface area (Å²) in [5, 5.41) is 4.07. The lowest BCUT2D eigenvalue weighted by atomic mass is 9.89. The van der Waals surface area contributed by atoms with Gasteiger partial charge in [0, 0.05) is 18.9 Å². The molecule has 2 N–H and O–H groups in total. The molecule has 1 aromatic carbocycles. The fraction of sp³-hybridized carbons (Fsp3) is 0.500. The molecule has 0 aliphatic carbocycles. The van der Waals surface area contributed by atoms with Crippen LogP contribution in [-0.4, -0.2) is 35.7 Å². The van der Waals surface area contributed by atoms with Crippen molar-refractivity contribution in [3.8, 4) is 0 Å². The molecule has 0 saturated carbocycles. The maximum atomic E-state index is 11.1. The standard InChI is InChI=1S/C16H21N3O2/c17-16(20)15-10-14(18-21-15)13-6-8-19(9-7-13)11-12-4-2-1-3-5-12/h1-5,13,15H,6-11H2,(H2,17,20). The van der Waals surface area contributed by atoms with Crippen molar-refractivity contribution >= 4 is 11.6 Å². The van der Waals surface area contributed by atoms with Crippen molar-refractivity contribution in [1.29, 1.82) is 0 Å². The Hall–Kier alpha value is -1.88. The van der Waals surface area contributed by atoms with Crippen LogP contribution in [0.2, 0.25) is 0 Å². The Labute approximate surface area is 124 Å². The van der Waals surface area contributed by atoms with Crippen molar-refractivity contribution in [2.75, 3.05) is 13.1 Å². The predicted octanol–water partition coefficient (Wildman–Crippen LogP) is 1.53. The second-order valence-corrected chi connectivity index (χ2v) is 5.82. The van der Waals surface area contributed by atoms with Gasteiger partial charge in [-0.25, -0.2) is 0 Å². The predicted molar refractivity (Wildman–Crippen MR) is 80.6 cm³/mol. The number of carbonyl (C=O) groups is 1. The van der Waals surface area contributed by atoms with Gasteiger partial charge in [-0.2, -0.15) is 0 Å². The maximum Gasteiger partial charge on any atom is 0.261 e. The molecule has 21 heavy (non-hydrogen) atoms. The van der Waals surface area contributed by atoms with E-state index in [4.69, 9.17) is 10.6 Å². The maximum absolute atomic E-state index is 11.1. The van der Waals surface area contributed by atoms with Crippen LogP contribution in [0.5, 0.6) is 0 Å². The van der Waals surface area contributed by atoms with Crippen LogP contribution in [0.25, 0.3) is 0 Å². The molecule has 1 fully saturated rings. The van der Waals surface area contributed by atoms with Crippen molar-refractivity contribution in [2.24, 2.45) is 16.8 Å². The zero-order valence-corrected chi connectivity index (χ0v) is 12.1. The van der Waals surface area contributed by atoms with Crippen LogP contribution in [-0.2, 0) is 16.2 Å². The fourth-order valence-electron chi connectivity index (χ4n) is 3.06. The van der Waals surface area contributed by atoms with Gasteiger partial charge < -0.3 is 10.6 Å². The molecular formula is C16H21N3O2. The Kier molecular flexibility index (Phi) is 4.20. The topological polar surface area (TPSA) is 67.9 Å².